The molecule has 3 nitrogen and oxygen atoms in total. The monoisotopic (exact) mass is 221 g/mol. The highest BCUT2D eigenvalue weighted by molar-refractivity contribution is 5.85. The molecule has 0 radical (unpaired) electrons. The minimum Gasteiger partial charge on any atom is -0.379 e. The summed E-state index contributed by atoms with van der Waals surface area (Å²) in [5.74, 6) is 0.779. The molecule has 1 N–H and O–H groups in total. The third-order valence-corrected chi connectivity index (χ3v) is 2.91. The first-order valence-electron chi connectivity index (χ1n) is 5.35. The van der Waals surface area contributed by atoms with Gasteiger partial charge in [-0.3, -0.25) is 0 Å². The normalized spacial score (nSPS) is 28.7. The van der Waals surface area contributed by atoms with Crippen molar-refractivity contribution in [2.24, 2.45) is 5.92 Å². The average molecular weight is 222 g/mol. The second-order valence-corrected chi connectivity index (χ2v) is 4.01. The summed E-state index contributed by atoms with van der Waals surface area (Å²) in [7, 11) is 0. The van der Waals surface area contributed by atoms with E-state index in [0.717, 1.165) is 45.2 Å². The molecule has 2 fully saturated rings. The van der Waals surface area contributed by atoms with E-state index in [2.05, 4.69) is 5.32 Å². The molecule has 2 rings (SSSR count). The van der Waals surface area contributed by atoms with Crippen molar-refractivity contribution in [3.05, 3.63) is 0 Å². The summed E-state index contributed by atoms with van der Waals surface area (Å²) in [6, 6.07) is 0. The van der Waals surface area contributed by atoms with Crippen LogP contribution in [-0.4, -0.2) is 39.0 Å². The zero-order valence-corrected chi connectivity index (χ0v) is 9.35. The van der Waals surface area contributed by atoms with Gasteiger partial charge in [0.1, 0.15) is 0 Å². The number of ether oxygens (including phenoxy) is 2. The Morgan fingerprint density at radius 1 is 1.21 bits per heavy atom. The maximum Gasteiger partial charge on any atom is 0.0830 e. The largest absolute Gasteiger partial charge is 0.379 e. The SMILES string of the molecule is C1CC(COC2CCOC2)CCN1.Cl. The van der Waals surface area contributed by atoms with E-state index in [-0.39, 0.29) is 12.4 Å². The number of nitrogens with one attached hydrogen (secondary N) is 1. The Morgan fingerprint density at radius 2 is 2.00 bits per heavy atom. The van der Waals surface area contributed by atoms with Gasteiger partial charge in [0.05, 0.1) is 12.7 Å². The van der Waals surface area contributed by atoms with E-state index in [1.807, 2.05) is 0 Å². The quantitative estimate of drug-likeness (QED) is 0.778. The van der Waals surface area contributed by atoms with Crippen LogP contribution < -0.4 is 5.32 Å². The summed E-state index contributed by atoms with van der Waals surface area (Å²) in [6.07, 6.45) is 4.02. The Hall–Kier alpha value is 0.170. The van der Waals surface area contributed by atoms with Crippen LogP contribution in [0.5, 0.6) is 0 Å². The molecule has 0 aromatic rings. The number of hydrogen-bond donors (Lipinski definition) is 1. The Balaban J connectivity index is 0.000000980. The van der Waals surface area contributed by atoms with Crippen molar-refractivity contribution < 1.29 is 9.47 Å². The van der Waals surface area contributed by atoms with Crippen LogP contribution in [-0.2, 0) is 9.47 Å². The summed E-state index contributed by atoms with van der Waals surface area (Å²) < 4.78 is 11.0. The second-order valence-electron chi connectivity index (χ2n) is 4.01. The zero-order valence-electron chi connectivity index (χ0n) is 8.54. The lowest BCUT2D eigenvalue weighted by Crippen LogP contribution is -2.31. The van der Waals surface area contributed by atoms with Crippen molar-refractivity contribution >= 4 is 12.4 Å². The molecule has 1 atom stereocenters. The number of rotatable bonds is 3. The van der Waals surface area contributed by atoms with Gasteiger partial charge in [0, 0.05) is 13.2 Å². The Kier molecular flexibility index (Phi) is 5.78. The first kappa shape index (κ1) is 12.2. The highest BCUT2D eigenvalue weighted by Gasteiger charge is 2.19. The van der Waals surface area contributed by atoms with Gasteiger partial charge in [0.2, 0.25) is 0 Å². The third kappa shape index (κ3) is 3.73. The zero-order chi connectivity index (χ0) is 8.93. The van der Waals surface area contributed by atoms with Crippen LogP contribution in [0.15, 0.2) is 0 Å². The fourth-order valence-corrected chi connectivity index (χ4v) is 1.96. The Bertz CT molecular complexity index is 145. The molecule has 0 aliphatic carbocycles. The van der Waals surface area contributed by atoms with E-state index < -0.39 is 0 Å². The lowest BCUT2D eigenvalue weighted by molar-refractivity contribution is 0.0162. The second kappa shape index (κ2) is 6.62. The fraction of sp³-hybridized carbons (Fsp3) is 1.00. The van der Waals surface area contributed by atoms with Gasteiger partial charge in [-0.1, -0.05) is 0 Å². The van der Waals surface area contributed by atoms with Gasteiger partial charge in [-0.2, -0.15) is 0 Å². The molecule has 84 valence electrons. The molecule has 2 saturated heterocycles. The predicted octanol–water partition coefficient (Wildman–Crippen LogP) is 1.21. The van der Waals surface area contributed by atoms with Gasteiger partial charge in [0.15, 0.2) is 0 Å². The number of hydrogen-bond acceptors (Lipinski definition) is 3. The molecule has 0 aromatic carbocycles. The average Bonchev–Trinajstić information content (AvgIpc) is 2.69. The van der Waals surface area contributed by atoms with Crippen molar-refractivity contribution in [1.82, 2.24) is 5.32 Å². The molecular weight excluding hydrogens is 202 g/mol. The minimum atomic E-state index is 0. The van der Waals surface area contributed by atoms with Crippen molar-refractivity contribution in [2.75, 3.05) is 32.9 Å². The fourth-order valence-electron chi connectivity index (χ4n) is 1.96. The predicted molar refractivity (Wildman–Crippen MR) is 58.0 cm³/mol. The van der Waals surface area contributed by atoms with Gasteiger partial charge >= 0.3 is 0 Å². The maximum absolute atomic E-state index is 5.79. The molecule has 14 heavy (non-hydrogen) atoms. The first-order chi connectivity index (χ1) is 6.45. The number of halogens is 1. The van der Waals surface area contributed by atoms with Crippen LogP contribution in [0.1, 0.15) is 19.3 Å². The van der Waals surface area contributed by atoms with Crippen molar-refractivity contribution in [2.45, 2.75) is 25.4 Å². The lowest BCUT2D eigenvalue weighted by Gasteiger charge is -2.23. The summed E-state index contributed by atoms with van der Waals surface area (Å²) in [6.45, 7) is 4.96. The minimum absolute atomic E-state index is 0. The molecule has 0 amide bonds. The standard InChI is InChI=1S/C10H19NO2.ClH/c1-4-11-5-2-9(1)7-13-10-3-6-12-8-10;/h9-11H,1-8H2;1H. The van der Waals surface area contributed by atoms with Crippen LogP contribution in [0.25, 0.3) is 0 Å². The highest BCUT2D eigenvalue weighted by Crippen LogP contribution is 2.15. The van der Waals surface area contributed by atoms with Crippen molar-refractivity contribution in [3.8, 4) is 0 Å². The van der Waals surface area contributed by atoms with Crippen LogP contribution in [0.3, 0.4) is 0 Å². The molecule has 4 heteroatoms. The Morgan fingerprint density at radius 3 is 2.64 bits per heavy atom. The van der Waals surface area contributed by atoms with Gasteiger partial charge < -0.3 is 14.8 Å². The summed E-state index contributed by atoms with van der Waals surface area (Å²) >= 11 is 0. The lowest BCUT2D eigenvalue weighted by atomic mass is 9.99. The molecule has 0 bridgehead atoms. The van der Waals surface area contributed by atoms with Crippen LogP contribution in [0.4, 0.5) is 0 Å². The molecule has 2 aliphatic rings. The van der Waals surface area contributed by atoms with Gasteiger partial charge in [-0.05, 0) is 38.3 Å². The first-order valence-corrected chi connectivity index (χ1v) is 5.35. The summed E-state index contributed by atoms with van der Waals surface area (Å²) in [5, 5.41) is 3.36. The summed E-state index contributed by atoms with van der Waals surface area (Å²) in [4.78, 5) is 0. The molecule has 2 heterocycles. The van der Waals surface area contributed by atoms with E-state index in [0.29, 0.717) is 6.10 Å². The van der Waals surface area contributed by atoms with E-state index in [9.17, 15) is 0 Å². The smallest absolute Gasteiger partial charge is 0.0830 e. The van der Waals surface area contributed by atoms with E-state index >= 15 is 0 Å². The molecule has 0 aromatic heterocycles. The van der Waals surface area contributed by atoms with E-state index in [1.165, 1.54) is 12.8 Å². The third-order valence-electron chi connectivity index (χ3n) is 2.91. The van der Waals surface area contributed by atoms with E-state index in [1.54, 1.807) is 0 Å². The van der Waals surface area contributed by atoms with Crippen molar-refractivity contribution in [3.63, 3.8) is 0 Å². The van der Waals surface area contributed by atoms with Gasteiger partial charge in [-0.15, -0.1) is 12.4 Å². The molecule has 0 saturated carbocycles. The molecule has 1 unspecified atom stereocenters. The van der Waals surface area contributed by atoms with Crippen molar-refractivity contribution in [1.29, 1.82) is 0 Å². The number of piperidine rings is 1. The molecule has 0 spiro atoms. The molecular formula is C10H20ClNO2. The van der Waals surface area contributed by atoms with E-state index in [4.69, 9.17) is 9.47 Å². The van der Waals surface area contributed by atoms with Gasteiger partial charge in [-0.25, -0.2) is 0 Å². The van der Waals surface area contributed by atoms with Crippen LogP contribution >= 0.6 is 12.4 Å². The van der Waals surface area contributed by atoms with Crippen LogP contribution in [0, 0.1) is 5.92 Å². The van der Waals surface area contributed by atoms with Gasteiger partial charge in [0.25, 0.3) is 0 Å². The maximum atomic E-state index is 5.79. The highest BCUT2D eigenvalue weighted by atomic mass is 35.5. The topological polar surface area (TPSA) is 30.5 Å². The van der Waals surface area contributed by atoms with Crippen LogP contribution in [0.2, 0.25) is 0 Å². The molecule has 2 aliphatic heterocycles. The Labute approximate surface area is 91.9 Å². The summed E-state index contributed by atoms with van der Waals surface area (Å²) in [5.41, 5.74) is 0.